The normalized spacial score (nSPS) is 15.2. The number of hydrogen-bond donors (Lipinski definition) is 3. The number of unbranched alkanes of at least 4 members (excludes halogenated alkanes) is 5. The molecule has 0 aromatic heterocycles. The lowest BCUT2D eigenvalue weighted by Gasteiger charge is -2.21. The first-order valence-corrected chi connectivity index (χ1v) is 40.6. The maximum Gasteiger partial charge on any atom is 0.472 e. The smallest absolute Gasteiger partial charge is 0.462 e. The van der Waals surface area contributed by atoms with Crippen LogP contribution in [0.3, 0.4) is 0 Å². The van der Waals surface area contributed by atoms with Crippen LogP contribution in [0.4, 0.5) is 0 Å². The highest BCUT2D eigenvalue weighted by Crippen LogP contribution is 2.45. The van der Waals surface area contributed by atoms with Crippen LogP contribution in [0.15, 0.2) is 231 Å². The van der Waals surface area contributed by atoms with Crippen molar-refractivity contribution in [2.24, 2.45) is 0 Å². The van der Waals surface area contributed by atoms with Gasteiger partial charge in [-0.25, -0.2) is 9.13 Å². The summed E-state index contributed by atoms with van der Waals surface area (Å²) in [5.74, 6) is -2.61. The second kappa shape index (κ2) is 74.4. The predicted octanol–water partition coefficient (Wildman–Crippen LogP) is 21.9. The number of allylic oxidation sites excluding steroid dienone is 36. The number of ether oxygens (including phenoxy) is 4. The molecule has 0 saturated carbocycles. The zero-order valence-corrected chi connectivity index (χ0v) is 64.9. The molecule has 5 unspecified atom stereocenters. The second-order valence-electron chi connectivity index (χ2n) is 23.7. The molecule has 0 fully saturated rings. The summed E-state index contributed by atoms with van der Waals surface area (Å²) in [5.41, 5.74) is 0. The minimum Gasteiger partial charge on any atom is -0.462 e. The van der Waals surface area contributed by atoms with E-state index >= 15 is 0 Å². The molecule has 17 nitrogen and oxygen atoms in total. The average Bonchev–Trinajstić information content (AvgIpc) is 0.926. The van der Waals surface area contributed by atoms with E-state index in [0.29, 0.717) is 32.1 Å². The lowest BCUT2D eigenvalue weighted by molar-refractivity contribution is -0.161. The minimum atomic E-state index is -5.04. The van der Waals surface area contributed by atoms with Gasteiger partial charge in [-0.15, -0.1) is 0 Å². The van der Waals surface area contributed by atoms with Crippen molar-refractivity contribution in [2.75, 3.05) is 39.6 Å². The Bertz CT molecular complexity index is 2890. The van der Waals surface area contributed by atoms with Crippen molar-refractivity contribution in [3.05, 3.63) is 231 Å². The van der Waals surface area contributed by atoms with Crippen molar-refractivity contribution in [3.63, 3.8) is 0 Å². The quantitative estimate of drug-likeness (QED) is 0.0169. The number of carbonyl (C=O) groups is 4. The molecule has 3 N–H and O–H groups in total. The second-order valence-corrected chi connectivity index (χ2v) is 26.6. The highest BCUT2D eigenvalue weighted by molar-refractivity contribution is 7.47. The number of carbonyl (C=O) groups excluding carboxylic acids is 4. The summed E-state index contributed by atoms with van der Waals surface area (Å²) in [7, 11) is -10.1. The fourth-order valence-electron chi connectivity index (χ4n) is 8.63. The van der Waals surface area contributed by atoms with Crippen LogP contribution in [0.1, 0.15) is 220 Å². The van der Waals surface area contributed by atoms with Gasteiger partial charge in [0.25, 0.3) is 0 Å². The molecule has 0 amide bonds. The molecular formula is C85H128O17P2. The van der Waals surface area contributed by atoms with Crippen LogP contribution in [0.5, 0.6) is 0 Å². The molecule has 0 aromatic carbocycles. The van der Waals surface area contributed by atoms with Crippen LogP contribution in [-0.4, -0.2) is 96.7 Å². The number of phosphoric acid groups is 2. The Balaban J connectivity index is 5.61. The Morgan fingerprint density at radius 1 is 0.279 bits per heavy atom. The molecule has 0 bridgehead atoms. The highest BCUT2D eigenvalue weighted by Gasteiger charge is 2.30. The molecular weight excluding hydrogens is 1350 g/mol. The van der Waals surface area contributed by atoms with Crippen molar-refractivity contribution >= 4 is 39.5 Å². The van der Waals surface area contributed by atoms with Crippen molar-refractivity contribution in [3.8, 4) is 0 Å². The monoisotopic (exact) mass is 1480 g/mol. The van der Waals surface area contributed by atoms with Gasteiger partial charge in [0.05, 0.1) is 39.3 Å². The van der Waals surface area contributed by atoms with Crippen LogP contribution in [-0.2, 0) is 65.4 Å². The van der Waals surface area contributed by atoms with Gasteiger partial charge in [0.15, 0.2) is 12.2 Å². The van der Waals surface area contributed by atoms with E-state index in [1.807, 2.05) is 36.5 Å². The third kappa shape index (κ3) is 73.4. The van der Waals surface area contributed by atoms with E-state index in [9.17, 15) is 43.2 Å². The Morgan fingerprint density at radius 2 is 0.529 bits per heavy atom. The molecule has 5 atom stereocenters. The summed E-state index contributed by atoms with van der Waals surface area (Å²) in [4.78, 5) is 72.8. The van der Waals surface area contributed by atoms with Gasteiger partial charge in [-0.05, 0) is 154 Å². The summed E-state index contributed by atoms with van der Waals surface area (Å²) in [6.07, 6.45) is 95.4. The van der Waals surface area contributed by atoms with Gasteiger partial charge in [-0.1, -0.05) is 271 Å². The van der Waals surface area contributed by atoms with E-state index in [1.165, 1.54) is 0 Å². The van der Waals surface area contributed by atoms with Gasteiger partial charge >= 0.3 is 39.5 Å². The first-order chi connectivity index (χ1) is 50.7. The summed E-state index contributed by atoms with van der Waals surface area (Å²) in [6, 6.07) is 0. The number of hydrogen-bond acceptors (Lipinski definition) is 15. The van der Waals surface area contributed by atoms with E-state index in [4.69, 9.17) is 37.0 Å². The third-order valence-electron chi connectivity index (χ3n) is 14.2. The van der Waals surface area contributed by atoms with E-state index in [0.717, 1.165) is 135 Å². The van der Waals surface area contributed by atoms with Crippen molar-refractivity contribution < 1.29 is 80.2 Å². The Morgan fingerprint density at radius 3 is 0.865 bits per heavy atom. The van der Waals surface area contributed by atoms with Crippen LogP contribution < -0.4 is 0 Å². The summed E-state index contributed by atoms with van der Waals surface area (Å²) in [5, 5.41) is 10.6. The van der Waals surface area contributed by atoms with E-state index < -0.39 is 97.5 Å². The van der Waals surface area contributed by atoms with Gasteiger partial charge in [0.1, 0.15) is 19.3 Å². The van der Waals surface area contributed by atoms with Gasteiger partial charge < -0.3 is 33.8 Å². The minimum absolute atomic E-state index is 0.0388. The number of esters is 4. The van der Waals surface area contributed by atoms with Gasteiger partial charge in [-0.2, -0.15) is 0 Å². The average molecular weight is 1480 g/mol. The standard InChI is InChI=1S/C85H128O17P2/c1-5-9-13-17-21-25-29-33-37-39-43-46-50-54-58-62-66-70-83(88)96-76-81(102-85(90)72-68-64-60-56-52-48-44-40-38-34-30-26-22-18-14-10-6-2)78-100-104(93,94)98-74-79(86)73-97-103(91,92)99-77-80(101-84(89)71-67-63-59-55-51-47-42-36-32-28-24-20-16-12-8-4)75-95-82(87)69-65-61-57-53-49-45-41-35-31-27-23-19-15-11-7-3/h9-16,21-28,33-38,41-44,46,48-49,51,53-55,58,61,63,65,67,79-81,86H,5-8,17-20,29-32,39-40,45,47,50,52,56-57,59-60,62,64,66,68-78H2,1-4H3,(H,91,92)(H,93,94)/b13-9-,14-10-,15-11-,16-12-,25-21-,26-22-,27-23-,28-24-,37-33-,38-34-,41-35-,42-36-,46-43-,48-44-,53-49-,55-51-,58-54-,65-61-,67-63-. The van der Waals surface area contributed by atoms with Gasteiger partial charge in [0, 0.05) is 12.8 Å². The van der Waals surface area contributed by atoms with Gasteiger partial charge in [0.2, 0.25) is 0 Å². The molecule has 0 aliphatic rings. The number of phosphoric ester groups is 2. The summed E-state index contributed by atoms with van der Waals surface area (Å²) in [6.45, 7) is 4.02. The zero-order valence-electron chi connectivity index (χ0n) is 63.1. The Kier molecular flexibility index (Phi) is 69.5. The SMILES string of the molecule is CC/C=C\C/C=C\C/C=C\C/C=C\C/C=C\CCCC(=O)OCC(COP(=O)(O)OCC(O)COP(=O)(O)OCC(COC(=O)C/C=C\C/C=C\C/C=C\C/C=C\C/C=C\CC)OC(=O)C/C=C\C/C=C\C/C=C\C/C=C\C/C=C\CC)OC(=O)CCCCCC/C=C\C/C=C\C/C=C\C/C=C\CC. The zero-order chi connectivity index (χ0) is 76.0. The maximum absolute atomic E-state index is 13.1. The largest absolute Gasteiger partial charge is 0.472 e. The van der Waals surface area contributed by atoms with E-state index in [-0.39, 0.29) is 25.7 Å². The maximum atomic E-state index is 13.1. The lowest BCUT2D eigenvalue weighted by Crippen LogP contribution is -2.30. The third-order valence-corrected chi connectivity index (χ3v) is 16.1. The molecule has 0 rings (SSSR count). The first kappa shape index (κ1) is 97.1. The number of aliphatic hydroxyl groups is 1. The highest BCUT2D eigenvalue weighted by atomic mass is 31.2. The molecule has 0 aromatic rings. The molecule has 19 heteroatoms. The molecule has 0 heterocycles. The Labute approximate surface area is 625 Å². The lowest BCUT2D eigenvalue weighted by atomic mass is 10.1. The number of rotatable bonds is 67. The number of aliphatic hydroxyl groups excluding tert-OH is 1. The van der Waals surface area contributed by atoms with Crippen LogP contribution in [0.25, 0.3) is 0 Å². The summed E-state index contributed by atoms with van der Waals surface area (Å²) < 4.78 is 68.1. The fourth-order valence-corrected chi connectivity index (χ4v) is 10.2. The first-order valence-electron chi connectivity index (χ1n) is 37.6. The van der Waals surface area contributed by atoms with E-state index in [2.05, 4.69) is 198 Å². The van der Waals surface area contributed by atoms with Gasteiger partial charge in [-0.3, -0.25) is 37.3 Å². The van der Waals surface area contributed by atoms with E-state index in [1.54, 1.807) is 24.3 Å². The molecule has 0 aliphatic carbocycles. The van der Waals surface area contributed by atoms with Crippen LogP contribution in [0.2, 0.25) is 0 Å². The van der Waals surface area contributed by atoms with Crippen molar-refractivity contribution in [1.29, 1.82) is 0 Å². The topological polar surface area (TPSA) is 237 Å². The fraction of sp³-hybridized carbons (Fsp3) is 0.506. The predicted molar refractivity (Wildman–Crippen MR) is 426 cm³/mol. The molecule has 0 aliphatic heterocycles. The molecule has 580 valence electrons. The molecule has 104 heavy (non-hydrogen) atoms. The summed E-state index contributed by atoms with van der Waals surface area (Å²) >= 11 is 0. The van der Waals surface area contributed by atoms with Crippen molar-refractivity contribution in [2.45, 2.75) is 239 Å². The molecule has 0 saturated heterocycles. The molecule has 0 radical (unpaired) electrons. The van der Waals surface area contributed by atoms with Crippen LogP contribution in [0, 0.1) is 0 Å². The Hall–Kier alpha value is -6.88. The molecule has 0 spiro atoms. The van der Waals surface area contributed by atoms with Crippen LogP contribution >= 0.6 is 15.6 Å². The van der Waals surface area contributed by atoms with Crippen molar-refractivity contribution in [1.82, 2.24) is 0 Å².